The zero-order valence-corrected chi connectivity index (χ0v) is 6.62. The Morgan fingerprint density at radius 1 is 1.27 bits per heavy atom. The van der Waals surface area contributed by atoms with Gasteiger partial charge in [0.1, 0.15) is 0 Å². The predicted octanol–water partition coefficient (Wildman–Crippen LogP) is -0.263. The van der Waals surface area contributed by atoms with Crippen molar-refractivity contribution in [2.45, 2.75) is 17.5 Å². The smallest absolute Gasteiger partial charge is 0.156 e. The summed E-state index contributed by atoms with van der Waals surface area (Å²) in [4.78, 5) is 0. The van der Waals surface area contributed by atoms with Crippen LogP contribution in [0, 0.1) is 5.92 Å². The van der Waals surface area contributed by atoms with Gasteiger partial charge in [-0.2, -0.15) is 0 Å². The first-order valence-electron chi connectivity index (χ1n) is 3.74. The average Bonchev–Trinajstić information content (AvgIpc) is 2.41. The van der Waals surface area contributed by atoms with Crippen LogP contribution in [-0.4, -0.2) is 31.6 Å². The molecule has 0 aromatic rings. The number of ether oxygens (including phenoxy) is 1. The van der Waals surface area contributed by atoms with Crippen LogP contribution in [0.4, 0.5) is 0 Å². The molecule has 0 N–H and O–H groups in total. The summed E-state index contributed by atoms with van der Waals surface area (Å²) in [6.07, 6.45) is 3.85. The van der Waals surface area contributed by atoms with E-state index in [1.165, 1.54) is 0 Å². The van der Waals surface area contributed by atoms with Crippen molar-refractivity contribution in [3.05, 3.63) is 12.2 Å². The third-order valence-electron chi connectivity index (χ3n) is 2.81. The van der Waals surface area contributed by atoms with Crippen LogP contribution in [0.1, 0.15) is 0 Å². The highest BCUT2D eigenvalue weighted by Gasteiger charge is 2.60. The molecule has 0 saturated carbocycles. The maximum atomic E-state index is 11.2. The summed E-state index contributed by atoms with van der Waals surface area (Å²) in [5.74, 6) is 0.610. The van der Waals surface area contributed by atoms with E-state index < -0.39 is 9.84 Å². The van der Waals surface area contributed by atoms with E-state index >= 15 is 0 Å². The topological polar surface area (TPSA) is 43.4 Å². The number of hydrogen-bond donors (Lipinski definition) is 0. The van der Waals surface area contributed by atoms with Crippen molar-refractivity contribution < 1.29 is 13.2 Å². The lowest BCUT2D eigenvalue weighted by Gasteiger charge is -2.33. The summed E-state index contributed by atoms with van der Waals surface area (Å²) < 4.78 is 27.8. The van der Waals surface area contributed by atoms with Crippen molar-refractivity contribution in [2.24, 2.45) is 5.92 Å². The lowest BCUT2D eigenvalue weighted by atomic mass is 9.94. The van der Waals surface area contributed by atoms with Gasteiger partial charge in [-0.1, -0.05) is 12.2 Å². The summed E-state index contributed by atoms with van der Waals surface area (Å²) in [6.45, 7) is 0. The second kappa shape index (κ2) is 1.54. The van der Waals surface area contributed by atoms with Gasteiger partial charge in [-0.05, 0) is 0 Å². The fraction of sp³-hybridized carbons (Fsp3) is 0.714. The first-order chi connectivity index (χ1) is 5.18. The van der Waals surface area contributed by atoms with Gasteiger partial charge < -0.3 is 4.74 Å². The van der Waals surface area contributed by atoms with E-state index in [0.717, 1.165) is 0 Å². The molecule has 0 spiro atoms. The van der Waals surface area contributed by atoms with Crippen molar-refractivity contribution in [3.63, 3.8) is 0 Å². The standard InChI is InChI=1S/C7H8O3S/c8-11(9)3-4-5-1-2-6(10-5)7(4)11/h1-2,4-7H,3H2/t4-,5-,6-,7+/m0/s1. The van der Waals surface area contributed by atoms with E-state index in [0.29, 0.717) is 5.75 Å². The van der Waals surface area contributed by atoms with E-state index in [9.17, 15) is 8.42 Å². The Balaban J connectivity index is 2.09. The van der Waals surface area contributed by atoms with E-state index in [-0.39, 0.29) is 23.4 Å². The molecule has 3 aliphatic heterocycles. The van der Waals surface area contributed by atoms with E-state index in [1.807, 2.05) is 12.2 Å². The highest BCUT2D eigenvalue weighted by molar-refractivity contribution is 7.93. The Kier molecular flexibility index (Phi) is 0.868. The fourth-order valence-corrected chi connectivity index (χ4v) is 4.41. The Labute approximate surface area is 65.0 Å². The summed E-state index contributed by atoms with van der Waals surface area (Å²) in [5.41, 5.74) is 0. The molecule has 0 amide bonds. The van der Waals surface area contributed by atoms with Gasteiger partial charge in [0.05, 0.1) is 23.2 Å². The molecule has 4 heteroatoms. The number of sulfone groups is 1. The minimum absolute atomic E-state index is 0.105. The molecule has 3 nitrogen and oxygen atoms in total. The highest BCUT2D eigenvalue weighted by atomic mass is 32.2. The van der Waals surface area contributed by atoms with E-state index in [4.69, 9.17) is 4.74 Å². The van der Waals surface area contributed by atoms with Gasteiger partial charge in [0.15, 0.2) is 9.84 Å². The maximum Gasteiger partial charge on any atom is 0.156 e. The van der Waals surface area contributed by atoms with Crippen LogP contribution in [0.15, 0.2) is 12.2 Å². The van der Waals surface area contributed by atoms with Crippen molar-refractivity contribution >= 4 is 9.84 Å². The average molecular weight is 172 g/mol. The third-order valence-corrected chi connectivity index (χ3v) is 5.11. The molecule has 0 aromatic carbocycles. The lowest BCUT2D eigenvalue weighted by molar-refractivity contribution is 0.113. The zero-order valence-electron chi connectivity index (χ0n) is 5.80. The van der Waals surface area contributed by atoms with Crippen LogP contribution in [0.25, 0.3) is 0 Å². The van der Waals surface area contributed by atoms with Gasteiger partial charge in [0.25, 0.3) is 0 Å². The monoisotopic (exact) mass is 172 g/mol. The molecular formula is C7H8O3S. The molecule has 2 fully saturated rings. The quantitative estimate of drug-likeness (QED) is 0.473. The SMILES string of the molecule is O=S1(=O)C[C@@H]2[C@@H]1[C@@H]1C=C[C@@H]2O1. The molecule has 2 saturated heterocycles. The molecule has 0 radical (unpaired) electrons. The Morgan fingerprint density at radius 2 is 2.00 bits per heavy atom. The second-order valence-corrected chi connectivity index (χ2v) is 5.61. The first-order valence-corrected chi connectivity index (χ1v) is 5.45. The van der Waals surface area contributed by atoms with E-state index in [2.05, 4.69) is 0 Å². The maximum absolute atomic E-state index is 11.2. The van der Waals surface area contributed by atoms with Gasteiger partial charge in [-0.3, -0.25) is 0 Å². The largest absolute Gasteiger partial charge is 0.365 e. The highest BCUT2D eigenvalue weighted by Crippen LogP contribution is 2.46. The van der Waals surface area contributed by atoms with Crippen molar-refractivity contribution in [1.29, 1.82) is 0 Å². The Morgan fingerprint density at radius 3 is 2.55 bits per heavy atom. The van der Waals surface area contributed by atoms with Crippen LogP contribution in [0.3, 0.4) is 0 Å². The van der Waals surface area contributed by atoms with Gasteiger partial charge in [0.2, 0.25) is 0 Å². The van der Waals surface area contributed by atoms with Crippen molar-refractivity contribution in [2.75, 3.05) is 5.75 Å². The molecule has 11 heavy (non-hydrogen) atoms. The van der Waals surface area contributed by atoms with Gasteiger partial charge in [-0.15, -0.1) is 0 Å². The molecule has 3 rings (SSSR count). The number of rotatable bonds is 0. The predicted molar refractivity (Wildman–Crippen MR) is 38.9 cm³/mol. The van der Waals surface area contributed by atoms with Crippen LogP contribution >= 0.6 is 0 Å². The second-order valence-electron chi connectivity index (χ2n) is 3.41. The summed E-state index contributed by atoms with van der Waals surface area (Å²) in [6, 6.07) is 0. The summed E-state index contributed by atoms with van der Waals surface area (Å²) in [5, 5.41) is -0.197. The molecule has 60 valence electrons. The molecular weight excluding hydrogens is 164 g/mol. The number of hydrogen-bond acceptors (Lipinski definition) is 3. The van der Waals surface area contributed by atoms with Crippen molar-refractivity contribution in [1.82, 2.24) is 0 Å². The van der Waals surface area contributed by atoms with Crippen LogP contribution in [0.2, 0.25) is 0 Å². The Hall–Kier alpha value is -0.350. The van der Waals surface area contributed by atoms with Gasteiger partial charge in [-0.25, -0.2) is 8.42 Å². The molecule has 3 aliphatic rings. The Bertz CT molecular complexity index is 330. The lowest BCUT2D eigenvalue weighted by Crippen LogP contribution is -2.51. The van der Waals surface area contributed by atoms with Crippen LogP contribution in [0.5, 0.6) is 0 Å². The van der Waals surface area contributed by atoms with Crippen LogP contribution < -0.4 is 0 Å². The molecule has 2 bridgehead atoms. The van der Waals surface area contributed by atoms with Crippen molar-refractivity contribution in [3.8, 4) is 0 Å². The van der Waals surface area contributed by atoms with Gasteiger partial charge in [0, 0.05) is 5.92 Å². The molecule has 0 unspecified atom stereocenters. The minimum atomic E-state index is -2.77. The zero-order chi connectivity index (χ0) is 7.64. The molecule has 4 atom stereocenters. The van der Waals surface area contributed by atoms with Gasteiger partial charge >= 0.3 is 0 Å². The first kappa shape index (κ1) is 6.20. The minimum Gasteiger partial charge on any atom is -0.365 e. The summed E-state index contributed by atoms with van der Waals surface area (Å²) >= 11 is 0. The number of fused-ring (bicyclic) bond motifs is 5. The summed E-state index contributed by atoms with van der Waals surface area (Å²) in [7, 11) is -2.77. The van der Waals surface area contributed by atoms with E-state index in [1.54, 1.807) is 0 Å². The molecule has 3 heterocycles. The van der Waals surface area contributed by atoms with Crippen LogP contribution in [-0.2, 0) is 14.6 Å². The normalized spacial score (nSPS) is 55.6. The fourth-order valence-electron chi connectivity index (χ4n) is 2.27. The molecule has 0 aliphatic carbocycles. The molecule has 0 aromatic heterocycles. The third kappa shape index (κ3) is 0.564.